The molecule has 0 aliphatic carbocycles. The average molecular weight is 444 g/mol. The van der Waals surface area contributed by atoms with Crippen LogP contribution in [0.2, 0.25) is 5.02 Å². The molecule has 0 radical (unpaired) electrons. The van der Waals surface area contributed by atoms with Crippen molar-refractivity contribution in [2.24, 2.45) is 0 Å². The summed E-state index contributed by atoms with van der Waals surface area (Å²) in [5, 5.41) is 13.3. The van der Waals surface area contributed by atoms with Crippen LogP contribution < -0.4 is 14.8 Å². The molecule has 0 unspecified atom stereocenters. The van der Waals surface area contributed by atoms with Crippen LogP contribution in [0.15, 0.2) is 42.5 Å². The Balaban J connectivity index is 1.95. The molecule has 30 heavy (non-hydrogen) atoms. The van der Waals surface area contributed by atoms with Gasteiger partial charge in [-0.05, 0) is 23.8 Å². The second kappa shape index (κ2) is 8.01. The van der Waals surface area contributed by atoms with Gasteiger partial charge in [-0.25, -0.2) is 4.79 Å². The summed E-state index contributed by atoms with van der Waals surface area (Å²) >= 11 is 7.16. The normalized spacial score (nSPS) is 15.3. The lowest BCUT2D eigenvalue weighted by Crippen LogP contribution is -2.22. The molecule has 1 aliphatic heterocycles. The maximum Gasteiger partial charge on any atom is 0.346 e. The Morgan fingerprint density at radius 1 is 1.17 bits per heavy atom. The Morgan fingerprint density at radius 3 is 2.53 bits per heavy atom. The summed E-state index contributed by atoms with van der Waals surface area (Å²) in [5.41, 5.74) is 2.45. The standard InChI is InChI=1S/C22H18ClNO5S/c1-28-15-5-3-4-13(19(15)29-2)14-10-16(25)24-18-17(11-6-8-12(23)9-7-11)21(22(26)27)30-20(14)18/h3-9,14H,10H2,1-2H3,(H,24,25)(H,26,27)/t14-/m0/s1. The van der Waals surface area contributed by atoms with Crippen molar-refractivity contribution < 1.29 is 24.2 Å². The molecule has 2 aromatic carbocycles. The van der Waals surface area contributed by atoms with E-state index in [2.05, 4.69) is 5.32 Å². The highest BCUT2D eigenvalue weighted by molar-refractivity contribution is 7.15. The molecule has 2 heterocycles. The van der Waals surface area contributed by atoms with E-state index in [1.54, 1.807) is 44.6 Å². The van der Waals surface area contributed by atoms with Gasteiger partial charge in [0.25, 0.3) is 0 Å². The molecule has 6 nitrogen and oxygen atoms in total. The fourth-order valence-corrected chi connectivity index (χ4v) is 5.13. The summed E-state index contributed by atoms with van der Waals surface area (Å²) in [6.07, 6.45) is 0.177. The Bertz CT molecular complexity index is 1140. The lowest BCUT2D eigenvalue weighted by Gasteiger charge is -2.25. The largest absolute Gasteiger partial charge is 0.493 e. The van der Waals surface area contributed by atoms with Gasteiger partial charge in [0, 0.05) is 33.4 Å². The molecule has 1 amide bonds. The third-order valence-corrected chi connectivity index (χ3v) is 6.59. The molecule has 0 saturated carbocycles. The zero-order valence-electron chi connectivity index (χ0n) is 16.2. The summed E-state index contributed by atoms with van der Waals surface area (Å²) in [5.74, 6) is -0.519. The second-order valence-corrected chi connectivity index (χ2v) is 8.23. The number of carboxylic acids is 1. The third-order valence-electron chi connectivity index (χ3n) is 5.04. The van der Waals surface area contributed by atoms with E-state index in [4.69, 9.17) is 21.1 Å². The molecule has 2 N–H and O–H groups in total. The number of fused-ring (bicyclic) bond motifs is 1. The minimum absolute atomic E-state index is 0.163. The Hall–Kier alpha value is -3.03. The molecular formula is C22H18ClNO5S. The molecule has 0 bridgehead atoms. The van der Waals surface area contributed by atoms with E-state index >= 15 is 0 Å². The predicted molar refractivity (Wildman–Crippen MR) is 116 cm³/mol. The van der Waals surface area contributed by atoms with Crippen LogP contribution in [-0.2, 0) is 4.79 Å². The number of anilines is 1. The van der Waals surface area contributed by atoms with Crippen molar-refractivity contribution >= 4 is 40.5 Å². The zero-order valence-corrected chi connectivity index (χ0v) is 17.8. The van der Waals surface area contributed by atoms with Crippen molar-refractivity contribution in [1.82, 2.24) is 0 Å². The number of rotatable bonds is 5. The molecule has 0 spiro atoms. The Labute approximate surface area is 182 Å². The number of hydrogen-bond donors (Lipinski definition) is 2. The molecule has 0 saturated heterocycles. The van der Waals surface area contributed by atoms with Crippen molar-refractivity contribution in [2.75, 3.05) is 19.5 Å². The topological polar surface area (TPSA) is 84.9 Å². The fourth-order valence-electron chi connectivity index (χ4n) is 3.77. The van der Waals surface area contributed by atoms with E-state index in [9.17, 15) is 14.7 Å². The highest BCUT2D eigenvalue weighted by atomic mass is 35.5. The molecule has 154 valence electrons. The summed E-state index contributed by atoms with van der Waals surface area (Å²) < 4.78 is 11.0. The first-order valence-electron chi connectivity index (χ1n) is 9.11. The van der Waals surface area contributed by atoms with Gasteiger partial charge in [0.05, 0.1) is 19.9 Å². The summed E-state index contributed by atoms with van der Waals surface area (Å²) in [7, 11) is 3.09. The lowest BCUT2D eigenvalue weighted by atomic mass is 9.88. The maximum absolute atomic E-state index is 12.6. The van der Waals surface area contributed by atoms with E-state index in [0.29, 0.717) is 33.3 Å². The first-order chi connectivity index (χ1) is 14.4. The Morgan fingerprint density at radius 2 is 1.90 bits per heavy atom. The number of hydrogen-bond acceptors (Lipinski definition) is 5. The van der Waals surface area contributed by atoms with Crippen molar-refractivity contribution in [3.63, 3.8) is 0 Å². The van der Waals surface area contributed by atoms with Gasteiger partial charge >= 0.3 is 5.97 Å². The van der Waals surface area contributed by atoms with Gasteiger partial charge in [0.2, 0.25) is 5.91 Å². The van der Waals surface area contributed by atoms with E-state index < -0.39 is 5.97 Å². The minimum Gasteiger partial charge on any atom is -0.493 e. The van der Waals surface area contributed by atoms with E-state index in [1.807, 2.05) is 12.1 Å². The summed E-state index contributed by atoms with van der Waals surface area (Å²) in [6, 6.07) is 12.4. The number of ether oxygens (including phenoxy) is 2. The predicted octanol–water partition coefficient (Wildman–Crippen LogP) is 5.26. The number of thiophene rings is 1. The first-order valence-corrected chi connectivity index (χ1v) is 10.3. The summed E-state index contributed by atoms with van der Waals surface area (Å²) in [4.78, 5) is 25.6. The number of halogens is 1. The smallest absolute Gasteiger partial charge is 0.346 e. The molecule has 1 atom stereocenters. The van der Waals surface area contributed by atoms with Gasteiger partial charge in [-0.1, -0.05) is 35.9 Å². The van der Waals surface area contributed by atoms with Crippen LogP contribution in [-0.4, -0.2) is 31.2 Å². The van der Waals surface area contributed by atoms with E-state index in [0.717, 1.165) is 21.8 Å². The zero-order chi connectivity index (χ0) is 21.4. The monoisotopic (exact) mass is 443 g/mol. The molecule has 1 aliphatic rings. The van der Waals surface area contributed by atoms with Crippen molar-refractivity contribution in [3.05, 3.63) is 62.8 Å². The van der Waals surface area contributed by atoms with Gasteiger partial charge in [-0.3, -0.25) is 4.79 Å². The van der Waals surface area contributed by atoms with E-state index in [-0.39, 0.29) is 23.1 Å². The van der Waals surface area contributed by atoms with Gasteiger partial charge in [-0.2, -0.15) is 0 Å². The molecular weight excluding hydrogens is 426 g/mol. The number of carbonyl (C=O) groups excluding carboxylic acids is 1. The maximum atomic E-state index is 12.6. The molecule has 0 fully saturated rings. The highest BCUT2D eigenvalue weighted by Gasteiger charge is 2.36. The van der Waals surface area contributed by atoms with Crippen LogP contribution in [0.5, 0.6) is 11.5 Å². The summed E-state index contributed by atoms with van der Waals surface area (Å²) in [6.45, 7) is 0. The number of carboxylic acid groups (broad SMARTS) is 1. The van der Waals surface area contributed by atoms with Gasteiger partial charge in [0.1, 0.15) is 4.88 Å². The van der Waals surface area contributed by atoms with Crippen molar-refractivity contribution in [3.8, 4) is 22.6 Å². The molecule has 4 rings (SSSR count). The van der Waals surface area contributed by atoms with Crippen LogP contribution >= 0.6 is 22.9 Å². The lowest BCUT2D eigenvalue weighted by molar-refractivity contribution is -0.116. The minimum atomic E-state index is -1.05. The highest BCUT2D eigenvalue weighted by Crippen LogP contribution is 2.51. The average Bonchev–Trinajstić information content (AvgIpc) is 3.12. The fraction of sp³-hybridized carbons (Fsp3) is 0.182. The van der Waals surface area contributed by atoms with Gasteiger partial charge in [0.15, 0.2) is 11.5 Å². The quantitative estimate of drug-likeness (QED) is 0.562. The van der Waals surface area contributed by atoms with E-state index in [1.165, 1.54) is 0 Å². The number of carbonyl (C=O) groups is 2. The van der Waals surface area contributed by atoms with Gasteiger partial charge in [-0.15, -0.1) is 11.3 Å². The number of para-hydroxylation sites is 1. The molecule has 1 aromatic heterocycles. The first kappa shape index (κ1) is 20.3. The van der Waals surface area contributed by atoms with Gasteiger partial charge < -0.3 is 19.9 Å². The second-order valence-electron chi connectivity index (χ2n) is 6.75. The Kier molecular flexibility index (Phi) is 5.40. The number of methoxy groups -OCH3 is 2. The van der Waals surface area contributed by atoms with Crippen LogP contribution in [0.3, 0.4) is 0 Å². The number of amides is 1. The van der Waals surface area contributed by atoms with Crippen molar-refractivity contribution in [2.45, 2.75) is 12.3 Å². The SMILES string of the molecule is COc1cccc([C@@H]2CC(=O)Nc3c2sc(C(=O)O)c3-c2ccc(Cl)cc2)c1OC. The number of benzene rings is 2. The van der Waals surface area contributed by atoms with Crippen molar-refractivity contribution in [1.29, 1.82) is 0 Å². The van der Waals surface area contributed by atoms with Crippen LogP contribution in [0.1, 0.15) is 32.5 Å². The number of nitrogens with one attached hydrogen (secondary N) is 1. The third kappa shape index (κ3) is 3.40. The van der Waals surface area contributed by atoms with Crippen LogP contribution in [0.25, 0.3) is 11.1 Å². The molecule has 3 aromatic rings. The molecule has 8 heteroatoms. The van der Waals surface area contributed by atoms with Crippen LogP contribution in [0.4, 0.5) is 5.69 Å². The van der Waals surface area contributed by atoms with Crippen LogP contribution in [0, 0.1) is 0 Å². The number of aromatic carboxylic acids is 1.